The summed E-state index contributed by atoms with van der Waals surface area (Å²) in [6.07, 6.45) is 0.835. The zero-order valence-electron chi connectivity index (χ0n) is 22.9. The molecule has 2 N–H and O–H groups in total. The summed E-state index contributed by atoms with van der Waals surface area (Å²) in [5, 5.41) is 21.4. The van der Waals surface area contributed by atoms with Crippen molar-refractivity contribution in [3.63, 3.8) is 0 Å². The highest BCUT2D eigenvalue weighted by atomic mass is 32.2. The van der Waals surface area contributed by atoms with E-state index in [0.29, 0.717) is 12.3 Å². The highest BCUT2D eigenvalue weighted by Crippen LogP contribution is 2.43. The van der Waals surface area contributed by atoms with E-state index in [1.807, 2.05) is 60.1 Å². The number of aryl methyl sites for hydroxylation is 1. The Labute approximate surface area is 238 Å². The van der Waals surface area contributed by atoms with Crippen molar-refractivity contribution >= 4 is 17.7 Å². The topological polar surface area (TPSA) is 98.5 Å². The summed E-state index contributed by atoms with van der Waals surface area (Å²) < 4.78 is 15.2. The SMILES string of the molecule is CC(=O)NCc1cccc(-c2cccc(C3OC(CSc4nncn4C)C(C)C(c4ccc(CO)cc4)O3)c2)c1. The van der Waals surface area contributed by atoms with Gasteiger partial charge in [0.05, 0.1) is 18.8 Å². The molecule has 1 aliphatic heterocycles. The van der Waals surface area contributed by atoms with Crippen molar-refractivity contribution in [2.75, 3.05) is 5.75 Å². The van der Waals surface area contributed by atoms with E-state index < -0.39 is 6.29 Å². The lowest BCUT2D eigenvalue weighted by Crippen LogP contribution is -2.38. The Morgan fingerprint density at radius 1 is 1.00 bits per heavy atom. The van der Waals surface area contributed by atoms with E-state index in [9.17, 15) is 9.90 Å². The molecule has 40 heavy (non-hydrogen) atoms. The van der Waals surface area contributed by atoms with Gasteiger partial charge in [-0.05, 0) is 39.9 Å². The van der Waals surface area contributed by atoms with Crippen LogP contribution in [0.25, 0.3) is 11.1 Å². The lowest BCUT2D eigenvalue weighted by molar-refractivity contribution is -0.268. The smallest absolute Gasteiger partial charge is 0.217 e. The van der Waals surface area contributed by atoms with Crippen molar-refractivity contribution < 1.29 is 19.4 Å². The van der Waals surface area contributed by atoms with Crippen LogP contribution in [0.1, 0.15) is 48.5 Å². The maximum absolute atomic E-state index is 11.4. The quantitative estimate of drug-likeness (QED) is 0.273. The third-order valence-electron chi connectivity index (χ3n) is 7.13. The van der Waals surface area contributed by atoms with E-state index in [1.165, 1.54) is 6.92 Å². The fourth-order valence-corrected chi connectivity index (χ4v) is 5.87. The van der Waals surface area contributed by atoms with Crippen molar-refractivity contribution in [1.29, 1.82) is 0 Å². The Morgan fingerprint density at radius 3 is 2.45 bits per heavy atom. The first-order chi connectivity index (χ1) is 19.4. The summed E-state index contributed by atoms with van der Waals surface area (Å²) in [4.78, 5) is 11.4. The number of hydrogen-bond acceptors (Lipinski definition) is 7. The van der Waals surface area contributed by atoms with Crippen molar-refractivity contribution in [3.05, 3.63) is 101 Å². The van der Waals surface area contributed by atoms with Crippen LogP contribution < -0.4 is 5.32 Å². The molecule has 0 radical (unpaired) electrons. The average Bonchev–Trinajstić information content (AvgIpc) is 3.40. The Morgan fingerprint density at radius 2 is 1.75 bits per heavy atom. The number of aromatic nitrogens is 3. The van der Waals surface area contributed by atoms with Crippen molar-refractivity contribution in [2.24, 2.45) is 13.0 Å². The monoisotopic (exact) mass is 558 g/mol. The van der Waals surface area contributed by atoms with Gasteiger partial charge in [-0.3, -0.25) is 4.79 Å². The standard InChI is InChI=1S/C31H34N4O4S/c1-20-28(18-40-31-34-33-19-35(31)3)38-30(39-29(20)24-12-10-22(17-36)11-13-24)27-9-5-8-26(15-27)25-7-4-6-23(14-25)16-32-21(2)37/h4-15,19-20,28-30,36H,16-18H2,1-3H3,(H,32,37). The number of amides is 1. The molecular formula is C31H34N4O4S. The second-order valence-corrected chi connectivity index (χ2v) is 11.1. The van der Waals surface area contributed by atoms with E-state index in [0.717, 1.165) is 38.5 Å². The number of nitrogens with one attached hydrogen (secondary N) is 1. The van der Waals surface area contributed by atoms with Gasteiger partial charge in [0.2, 0.25) is 5.91 Å². The zero-order valence-corrected chi connectivity index (χ0v) is 23.7. The van der Waals surface area contributed by atoms with Gasteiger partial charge >= 0.3 is 0 Å². The van der Waals surface area contributed by atoms with Crippen molar-refractivity contribution in [1.82, 2.24) is 20.1 Å². The zero-order chi connectivity index (χ0) is 28.1. The number of carbonyl (C=O) groups excluding carboxylic acids is 1. The highest BCUT2D eigenvalue weighted by molar-refractivity contribution is 7.99. The van der Waals surface area contributed by atoms with E-state index in [1.54, 1.807) is 18.1 Å². The van der Waals surface area contributed by atoms with Crippen molar-refractivity contribution in [2.45, 2.75) is 50.7 Å². The Balaban J connectivity index is 1.42. The number of carbonyl (C=O) groups is 1. The van der Waals surface area contributed by atoms with Gasteiger partial charge in [-0.1, -0.05) is 79.3 Å². The summed E-state index contributed by atoms with van der Waals surface area (Å²) in [5.41, 5.74) is 5.98. The average molecular weight is 559 g/mol. The summed E-state index contributed by atoms with van der Waals surface area (Å²) in [5.74, 6) is 0.718. The van der Waals surface area contributed by atoms with Crippen LogP contribution in [0.2, 0.25) is 0 Å². The molecule has 1 fully saturated rings. The van der Waals surface area contributed by atoms with Crippen LogP contribution >= 0.6 is 11.8 Å². The third kappa shape index (κ3) is 6.62. The number of rotatable bonds is 9. The molecule has 4 unspecified atom stereocenters. The molecule has 1 aromatic heterocycles. The number of hydrogen-bond donors (Lipinski definition) is 2. The van der Waals surface area contributed by atoms with Gasteiger partial charge < -0.3 is 24.5 Å². The van der Waals surface area contributed by atoms with E-state index in [4.69, 9.17) is 9.47 Å². The van der Waals surface area contributed by atoms with Gasteiger partial charge in [0.15, 0.2) is 11.4 Å². The van der Waals surface area contributed by atoms with Gasteiger partial charge in [0.25, 0.3) is 0 Å². The van der Waals surface area contributed by atoms with Crippen LogP contribution in [0.4, 0.5) is 0 Å². The molecule has 4 atom stereocenters. The molecule has 9 heteroatoms. The summed E-state index contributed by atoms with van der Waals surface area (Å²) in [6, 6.07) is 24.3. The molecule has 5 rings (SSSR count). The molecule has 1 amide bonds. The van der Waals surface area contributed by atoms with Crippen LogP contribution in [0.3, 0.4) is 0 Å². The first kappa shape index (κ1) is 28.0. The second kappa shape index (κ2) is 12.8. The predicted octanol–water partition coefficient (Wildman–Crippen LogP) is 5.19. The molecule has 1 saturated heterocycles. The van der Waals surface area contributed by atoms with E-state index >= 15 is 0 Å². The van der Waals surface area contributed by atoms with Gasteiger partial charge in [0, 0.05) is 37.8 Å². The molecule has 0 saturated carbocycles. The summed E-state index contributed by atoms with van der Waals surface area (Å²) in [7, 11) is 1.93. The van der Waals surface area contributed by atoms with Crippen LogP contribution in [-0.4, -0.2) is 37.6 Å². The highest BCUT2D eigenvalue weighted by Gasteiger charge is 2.38. The molecular weight excluding hydrogens is 524 g/mol. The lowest BCUT2D eigenvalue weighted by Gasteiger charge is -2.41. The fourth-order valence-electron chi connectivity index (χ4n) is 4.82. The molecule has 3 aromatic carbocycles. The van der Waals surface area contributed by atoms with Crippen LogP contribution in [0.15, 0.2) is 84.3 Å². The predicted molar refractivity (Wildman–Crippen MR) is 154 cm³/mol. The Bertz CT molecular complexity index is 1440. The molecule has 1 aliphatic rings. The van der Waals surface area contributed by atoms with Gasteiger partial charge in [-0.15, -0.1) is 10.2 Å². The largest absolute Gasteiger partial charge is 0.392 e. The Kier molecular flexibility index (Phi) is 8.96. The van der Waals surface area contributed by atoms with Gasteiger partial charge in [0.1, 0.15) is 6.33 Å². The van der Waals surface area contributed by atoms with Crippen molar-refractivity contribution in [3.8, 4) is 11.1 Å². The second-order valence-electron chi connectivity index (χ2n) is 10.1. The molecule has 0 aliphatic carbocycles. The van der Waals surface area contributed by atoms with E-state index in [2.05, 4.69) is 46.7 Å². The fraction of sp³-hybridized carbons (Fsp3) is 0.323. The molecule has 8 nitrogen and oxygen atoms in total. The maximum Gasteiger partial charge on any atom is 0.217 e. The van der Waals surface area contributed by atoms with Gasteiger partial charge in [-0.25, -0.2) is 0 Å². The molecule has 208 valence electrons. The van der Waals surface area contributed by atoms with Gasteiger partial charge in [-0.2, -0.15) is 0 Å². The molecule has 0 spiro atoms. The summed E-state index contributed by atoms with van der Waals surface area (Å²) >= 11 is 1.62. The number of benzene rings is 3. The number of nitrogens with zero attached hydrogens (tertiary/aromatic N) is 3. The normalized spacial score (nSPS) is 20.8. The van der Waals surface area contributed by atoms with Crippen LogP contribution in [0, 0.1) is 5.92 Å². The maximum atomic E-state index is 11.4. The Hall–Kier alpha value is -3.50. The van der Waals surface area contributed by atoms with Crippen LogP contribution in [0.5, 0.6) is 0 Å². The first-order valence-corrected chi connectivity index (χ1v) is 14.3. The molecule has 2 heterocycles. The third-order valence-corrected chi connectivity index (χ3v) is 8.25. The minimum Gasteiger partial charge on any atom is -0.392 e. The minimum absolute atomic E-state index is 0.00284. The molecule has 0 bridgehead atoms. The number of ether oxygens (including phenoxy) is 2. The van der Waals surface area contributed by atoms with E-state index in [-0.39, 0.29) is 30.6 Å². The first-order valence-electron chi connectivity index (χ1n) is 13.3. The number of aliphatic hydroxyl groups excluding tert-OH is 1. The number of aliphatic hydroxyl groups is 1. The molecule has 4 aromatic rings. The summed E-state index contributed by atoms with van der Waals surface area (Å²) in [6.45, 7) is 4.16. The lowest BCUT2D eigenvalue weighted by atomic mass is 9.91. The van der Waals surface area contributed by atoms with Crippen LogP contribution in [-0.2, 0) is 34.5 Å². The number of thioether (sulfide) groups is 1. The minimum atomic E-state index is -0.564.